The van der Waals surface area contributed by atoms with Crippen LogP contribution in [0.25, 0.3) is 0 Å². The van der Waals surface area contributed by atoms with Crippen LogP contribution in [0, 0.1) is 0 Å². The molecule has 22 heavy (non-hydrogen) atoms. The number of anilines is 1. The molecule has 0 atom stereocenters. The van der Waals surface area contributed by atoms with Crippen molar-refractivity contribution in [2.24, 2.45) is 0 Å². The lowest BCUT2D eigenvalue weighted by atomic mass is 10.2. The number of amides is 1. The largest absolute Gasteiger partial charge is 0.367 e. The van der Waals surface area contributed by atoms with Crippen molar-refractivity contribution in [3.63, 3.8) is 0 Å². The van der Waals surface area contributed by atoms with E-state index in [-0.39, 0.29) is 11.9 Å². The summed E-state index contributed by atoms with van der Waals surface area (Å²) in [6.07, 6.45) is 2.67. The van der Waals surface area contributed by atoms with E-state index in [0.717, 1.165) is 39.1 Å². The Morgan fingerprint density at radius 1 is 1.41 bits per heavy atom. The van der Waals surface area contributed by atoms with Crippen LogP contribution in [-0.2, 0) is 0 Å². The van der Waals surface area contributed by atoms with Gasteiger partial charge in [-0.3, -0.25) is 4.79 Å². The van der Waals surface area contributed by atoms with Gasteiger partial charge in [-0.25, -0.2) is 4.98 Å². The maximum atomic E-state index is 12.3. The fourth-order valence-corrected chi connectivity index (χ4v) is 2.51. The van der Waals surface area contributed by atoms with Gasteiger partial charge in [-0.2, -0.15) is 0 Å². The zero-order valence-corrected chi connectivity index (χ0v) is 13.6. The number of carbonyl (C=O) groups excluding carboxylic acids is 1. The second-order valence-corrected chi connectivity index (χ2v) is 5.90. The fourth-order valence-electron chi connectivity index (χ4n) is 2.51. The Hall–Kier alpha value is -1.66. The van der Waals surface area contributed by atoms with Crippen LogP contribution >= 0.6 is 0 Å². The van der Waals surface area contributed by atoms with Crippen molar-refractivity contribution in [3.8, 4) is 0 Å². The zero-order chi connectivity index (χ0) is 15.8. The highest BCUT2D eigenvalue weighted by Crippen LogP contribution is 2.12. The Bertz CT molecular complexity index is 471. The molecule has 6 nitrogen and oxygen atoms in total. The molecule has 0 aromatic carbocycles. The highest BCUT2D eigenvalue weighted by Gasteiger charge is 2.13. The molecule has 1 aromatic rings. The molecule has 1 aliphatic rings. The van der Waals surface area contributed by atoms with E-state index in [1.54, 1.807) is 12.3 Å². The van der Waals surface area contributed by atoms with E-state index in [2.05, 4.69) is 25.8 Å². The summed E-state index contributed by atoms with van der Waals surface area (Å²) in [5.74, 6) is 0.591. The molecule has 0 aliphatic carbocycles. The van der Waals surface area contributed by atoms with Gasteiger partial charge in [0.25, 0.3) is 5.91 Å². The number of hydrogen-bond donors (Lipinski definition) is 3. The quantitative estimate of drug-likeness (QED) is 0.654. The SMILES string of the molecule is CC(C)Nc1ncccc1C(=O)NCCCN1CCNCC1. The third-order valence-electron chi connectivity index (χ3n) is 3.62. The van der Waals surface area contributed by atoms with E-state index < -0.39 is 0 Å². The van der Waals surface area contributed by atoms with Gasteiger partial charge in [0, 0.05) is 45.0 Å². The second-order valence-electron chi connectivity index (χ2n) is 5.90. The Morgan fingerprint density at radius 2 is 2.18 bits per heavy atom. The first kappa shape index (κ1) is 16.7. The van der Waals surface area contributed by atoms with E-state index in [4.69, 9.17) is 0 Å². The lowest BCUT2D eigenvalue weighted by molar-refractivity contribution is 0.0951. The number of hydrogen-bond acceptors (Lipinski definition) is 5. The van der Waals surface area contributed by atoms with Crippen LogP contribution in [0.4, 0.5) is 5.82 Å². The van der Waals surface area contributed by atoms with Gasteiger partial charge >= 0.3 is 0 Å². The molecule has 0 spiro atoms. The molecular weight excluding hydrogens is 278 g/mol. The van der Waals surface area contributed by atoms with Gasteiger partial charge in [0.15, 0.2) is 0 Å². The Balaban J connectivity index is 1.77. The molecule has 0 radical (unpaired) electrons. The van der Waals surface area contributed by atoms with Gasteiger partial charge in [0.2, 0.25) is 0 Å². The summed E-state index contributed by atoms with van der Waals surface area (Å²) in [6, 6.07) is 3.85. The standard InChI is InChI=1S/C16H27N5O/c1-13(2)20-15-14(5-3-6-18-15)16(22)19-7-4-10-21-11-8-17-9-12-21/h3,5-6,13,17H,4,7-12H2,1-2H3,(H,18,20)(H,19,22). The molecule has 1 saturated heterocycles. The minimum atomic E-state index is -0.0587. The molecule has 0 bridgehead atoms. The van der Waals surface area contributed by atoms with Crippen LogP contribution < -0.4 is 16.0 Å². The molecule has 1 aromatic heterocycles. The van der Waals surface area contributed by atoms with E-state index in [1.807, 2.05) is 19.9 Å². The molecule has 2 rings (SSSR count). The van der Waals surface area contributed by atoms with Crippen molar-refractivity contribution in [3.05, 3.63) is 23.9 Å². The first-order valence-electron chi connectivity index (χ1n) is 8.09. The minimum Gasteiger partial charge on any atom is -0.367 e. The zero-order valence-electron chi connectivity index (χ0n) is 13.6. The van der Waals surface area contributed by atoms with E-state index in [0.29, 0.717) is 17.9 Å². The van der Waals surface area contributed by atoms with Crippen molar-refractivity contribution in [1.82, 2.24) is 20.5 Å². The lowest BCUT2D eigenvalue weighted by Crippen LogP contribution is -2.44. The summed E-state index contributed by atoms with van der Waals surface area (Å²) in [5, 5.41) is 9.54. The van der Waals surface area contributed by atoms with Crippen molar-refractivity contribution >= 4 is 11.7 Å². The number of aromatic nitrogens is 1. The average Bonchev–Trinajstić information content (AvgIpc) is 2.52. The fraction of sp³-hybridized carbons (Fsp3) is 0.625. The van der Waals surface area contributed by atoms with Crippen LogP contribution in [0.2, 0.25) is 0 Å². The number of nitrogens with one attached hydrogen (secondary N) is 3. The summed E-state index contributed by atoms with van der Waals surface area (Å²) >= 11 is 0. The van der Waals surface area contributed by atoms with Gasteiger partial charge in [0.05, 0.1) is 5.56 Å². The van der Waals surface area contributed by atoms with Crippen LogP contribution in [-0.4, -0.2) is 61.1 Å². The number of piperazine rings is 1. The van der Waals surface area contributed by atoms with Crippen LogP contribution in [0.1, 0.15) is 30.6 Å². The Morgan fingerprint density at radius 3 is 2.91 bits per heavy atom. The summed E-state index contributed by atoms with van der Waals surface area (Å²) in [4.78, 5) is 19.0. The maximum absolute atomic E-state index is 12.3. The monoisotopic (exact) mass is 305 g/mol. The average molecular weight is 305 g/mol. The van der Waals surface area contributed by atoms with Gasteiger partial charge in [-0.05, 0) is 38.9 Å². The highest BCUT2D eigenvalue weighted by molar-refractivity contribution is 5.98. The van der Waals surface area contributed by atoms with Crippen molar-refractivity contribution < 1.29 is 4.79 Å². The summed E-state index contributed by atoms with van der Waals surface area (Å²) in [7, 11) is 0. The van der Waals surface area contributed by atoms with Crippen LogP contribution in [0.3, 0.4) is 0 Å². The third-order valence-corrected chi connectivity index (χ3v) is 3.62. The van der Waals surface area contributed by atoms with Gasteiger partial charge in [-0.15, -0.1) is 0 Å². The van der Waals surface area contributed by atoms with Crippen molar-refractivity contribution in [2.75, 3.05) is 44.6 Å². The predicted octanol–water partition coefficient (Wildman–Crippen LogP) is 0.927. The second kappa shape index (κ2) is 8.70. The smallest absolute Gasteiger partial charge is 0.255 e. The summed E-state index contributed by atoms with van der Waals surface area (Å²) in [6.45, 7) is 10.1. The molecule has 122 valence electrons. The maximum Gasteiger partial charge on any atom is 0.255 e. The summed E-state index contributed by atoms with van der Waals surface area (Å²) < 4.78 is 0. The van der Waals surface area contributed by atoms with Crippen LogP contribution in [0.15, 0.2) is 18.3 Å². The molecule has 6 heteroatoms. The highest BCUT2D eigenvalue weighted by atomic mass is 16.1. The topological polar surface area (TPSA) is 69.3 Å². The number of nitrogens with zero attached hydrogens (tertiary/aromatic N) is 2. The molecule has 0 saturated carbocycles. The number of rotatable bonds is 7. The lowest BCUT2D eigenvalue weighted by Gasteiger charge is -2.27. The predicted molar refractivity (Wildman–Crippen MR) is 89.3 cm³/mol. The molecule has 1 fully saturated rings. The van der Waals surface area contributed by atoms with Gasteiger partial charge in [0.1, 0.15) is 5.82 Å². The minimum absolute atomic E-state index is 0.0587. The van der Waals surface area contributed by atoms with Crippen molar-refractivity contribution in [2.45, 2.75) is 26.3 Å². The van der Waals surface area contributed by atoms with E-state index in [1.165, 1.54) is 0 Å². The van der Waals surface area contributed by atoms with Crippen LogP contribution in [0.5, 0.6) is 0 Å². The van der Waals surface area contributed by atoms with Crippen molar-refractivity contribution in [1.29, 1.82) is 0 Å². The van der Waals surface area contributed by atoms with E-state index in [9.17, 15) is 4.79 Å². The molecule has 1 amide bonds. The first-order valence-corrected chi connectivity index (χ1v) is 8.09. The van der Waals surface area contributed by atoms with Gasteiger partial charge in [-0.1, -0.05) is 0 Å². The molecule has 3 N–H and O–H groups in total. The first-order chi connectivity index (χ1) is 10.7. The Kier molecular flexibility index (Phi) is 6.61. The third kappa shape index (κ3) is 5.27. The molecule has 2 heterocycles. The molecular formula is C16H27N5O. The molecule has 0 unspecified atom stereocenters. The Labute approximate surface area is 132 Å². The van der Waals surface area contributed by atoms with E-state index >= 15 is 0 Å². The summed E-state index contributed by atoms with van der Waals surface area (Å²) in [5.41, 5.74) is 0.610. The molecule has 1 aliphatic heterocycles. The number of pyridine rings is 1. The van der Waals surface area contributed by atoms with Gasteiger partial charge < -0.3 is 20.9 Å². The number of carbonyl (C=O) groups is 1. The normalized spacial score (nSPS) is 15.8.